The van der Waals surface area contributed by atoms with Crippen molar-refractivity contribution in [2.75, 3.05) is 238 Å². The Morgan fingerprint density at radius 2 is 0.603 bits per heavy atom. The van der Waals surface area contributed by atoms with Gasteiger partial charge in [-0.2, -0.15) is 0 Å². The third-order valence-electron chi connectivity index (χ3n) is 20.0. The van der Waals surface area contributed by atoms with Crippen molar-refractivity contribution in [3.8, 4) is 0 Å². The van der Waals surface area contributed by atoms with Crippen LogP contribution >= 0.6 is 58.0 Å². The number of rotatable bonds is 54. The molecule has 3 aliphatic heterocycles. The van der Waals surface area contributed by atoms with Crippen molar-refractivity contribution in [2.45, 2.75) is 59.0 Å². The molecule has 0 spiro atoms. The molecule has 6 aromatic rings. The van der Waals surface area contributed by atoms with Crippen LogP contribution in [0.5, 0.6) is 0 Å². The molecule has 0 fully saturated rings. The van der Waals surface area contributed by atoms with Crippen LogP contribution in [0.25, 0.3) is 0 Å². The first-order valence-corrected chi connectivity index (χ1v) is 46.6. The van der Waals surface area contributed by atoms with Gasteiger partial charge in [0.2, 0.25) is 30.1 Å². The topological polar surface area (TPSA) is 358 Å². The van der Waals surface area contributed by atoms with Gasteiger partial charge in [-0.3, -0.25) is 4.90 Å². The molecule has 6 aromatic carbocycles. The quantitative estimate of drug-likeness (QED) is 0.0166. The molecule has 0 aromatic heterocycles. The van der Waals surface area contributed by atoms with Gasteiger partial charge in [0.1, 0.15) is 0 Å². The van der Waals surface area contributed by atoms with Crippen LogP contribution in [0.1, 0.15) is 73.4 Å². The second kappa shape index (κ2) is 51.4. The Kier molecular flexibility index (Phi) is 41.9. The molecule has 668 valence electrons. The molecule has 6 amide bonds. The summed E-state index contributed by atoms with van der Waals surface area (Å²) in [7, 11) is -5.47. The zero-order valence-electron chi connectivity index (χ0n) is 68.8. The van der Waals surface area contributed by atoms with Crippen LogP contribution in [-0.4, -0.2) is 301 Å². The molecule has 0 aliphatic carbocycles. The summed E-state index contributed by atoms with van der Waals surface area (Å²) in [6.07, 6.45) is 0. The Balaban J connectivity index is 0.594. The first-order chi connectivity index (χ1) is 58.2. The van der Waals surface area contributed by atoms with E-state index in [1.165, 1.54) is 0 Å². The zero-order chi connectivity index (χ0) is 86.6. The van der Waals surface area contributed by atoms with Crippen molar-refractivity contribution in [3.05, 3.63) is 190 Å². The highest BCUT2D eigenvalue weighted by Crippen LogP contribution is 2.42. The Hall–Kier alpha value is -6.21. The number of likely N-dealkylation sites (N-methyl/N-ethyl adjacent to an activating group) is 3. The molecule has 0 saturated carbocycles. The summed E-state index contributed by atoms with van der Waals surface area (Å²) in [6.45, 7) is 12.9. The number of fused-ring (bicyclic) bond motifs is 3. The molecule has 31 nitrogen and oxygen atoms in total. The van der Waals surface area contributed by atoms with E-state index < -0.39 is 48.2 Å². The number of halogens is 5. The number of nitrogens with zero attached hydrogens (tertiary/aromatic N) is 4. The van der Waals surface area contributed by atoms with Gasteiger partial charge in [0.25, 0.3) is 0 Å². The summed E-state index contributed by atoms with van der Waals surface area (Å²) in [5.74, 6) is -0.275. The minimum absolute atomic E-state index is 0.0359. The molecule has 3 heterocycles. The van der Waals surface area contributed by atoms with Crippen LogP contribution in [0.3, 0.4) is 0 Å². The first kappa shape index (κ1) is 98.6. The summed E-state index contributed by atoms with van der Waals surface area (Å²) < 4.78 is 138. The summed E-state index contributed by atoms with van der Waals surface area (Å²) in [5, 5.41) is 19.7. The molecular formula is C82H114Cl5N13O18S3. The molecule has 9 N–H and O–H groups in total. The molecule has 3 aliphatic rings. The average Bonchev–Trinajstić information content (AvgIpc) is 0.781. The smallest absolute Gasteiger partial charge is 0.314 e. The average molecular weight is 1840 g/mol. The van der Waals surface area contributed by atoms with Crippen LogP contribution in [0.2, 0.25) is 25.1 Å². The van der Waals surface area contributed by atoms with Crippen molar-refractivity contribution in [1.82, 2.24) is 65.7 Å². The molecule has 9 rings (SSSR count). The van der Waals surface area contributed by atoms with Gasteiger partial charge in [-0.25, -0.2) is 53.8 Å². The van der Waals surface area contributed by atoms with Crippen molar-refractivity contribution < 1.29 is 82.3 Å². The van der Waals surface area contributed by atoms with Gasteiger partial charge in [0, 0.05) is 161 Å². The van der Waals surface area contributed by atoms with Gasteiger partial charge in [-0.1, -0.05) is 100 Å². The van der Waals surface area contributed by atoms with E-state index in [1.54, 1.807) is 66.7 Å². The number of aryl methyl sites for hydroxylation is 1. The summed E-state index contributed by atoms with van der Waals surface area (Å²) >= 11 is 32.5. The first-order valence-electron chi connectivity index (χ1n) is 40.3. The number of amides is 6. The van der Waals surface area contributed by atoms with E-state index in [1.807, 2.05) is 69.4 Å². The van der Waals surface area contributed by atoms with Gasteiger partial charge < -0.3 is 89.2 Å². The van der Waals surface area contributed by atoms with E-state index in [4.69, 9.17) is 101 Å². The van der Waals surface area contributed by atoms with Crippen molar-refractivity contribution in [2.24, 2.45) is 0 Å². The number of carbonyl (C=O) groups excluding carboxylic acids is 3. The predicted octanol–water partition coefficient (Wildman–Crippen LogP) is 7.58. The van der Waals surface area contributed by atoms with Crippen molar-refractivity contribution >= 4 is 106 Å². The van der Waals surface area contributed by atoms with Gasteiger partial charge in [-0.05, 0) is 150 Å². The van der Waals surface area contributed by atoms with Gasteiger partial charge in [-0.15, -0.1) is 0 Å². The van der Waals surface area contributed by atoms with Crippen LogP contribution in [-0.2, 0) is 92.3 Å². The Morgan fingerprint density at radius 3 is 0.901 bits per heavy atom. The minimum Gasteiger partial charge on any atom is -0.378 e. The molecule has 0 radical (unpaired) electrons. The van der Waals surface area contributed by atoms with E-state index in [9.17, 15) is 39.6 Å². The van der Waals surface area contributed by atoms with E-state index in [2.05, 4.69) is 66.8 Å². The largest absolute Gasteiger partial charge is 0.378 e. The molecule has 3 atom stereocenters. The normalized spacial score (nSPS) is 15.9. The van der Waals surface area contributed by atoms with E-state index >= 15 is 0 Å². The number of nitrogens with one attached hydrogen (secondary N) is 9. The maximum Gasteiger partial charge on any atom is 0.314 e. The van der Waals surface area contributed by atoms with E-state index in [0.717, 1.165) is 68.7 Å². The molecular weight excluding hydrogens is 1730 g/mol. The zero-order valence-corrected chi connectivity index (χ0v) is 75.1. The molecule has 0 bridgehead atoms. The lowest BCUT2D eigenvalue weighted by atomic mass is 9.84. The standard InChI is InChI=1S/C82H114Cl5N13O18S3/c1-59-44-68-71(53-97(2)56-74(68)77(85)45-59)60-8-5-11-65(46-60)119(104,105)94-20-29-113-35-41-116-38-32-110-26-17-91-80(101)88-14-23-100(24-15-89-81(102)92-18-27-111-33-39-117-42-36-114-30-21-95-120(106,107)66-12-6-9-61(47-66)72-54-98(3)57-75-69(72)49-63(83)51-78(75)86)25-16-90-82(103)93-19-28-112-34-40-118-43-37-115-31-22-96-121(108,109)67-13-7-10-62(48-67)73-55-99(4)58-76-70(73)50-64(84)52-79(76)87/h5-13,44-52,71-73,94-96H,14-43,53-58H2,1-4H3,(H2,88,91,101)(H2,89,92,102)(H2,90,93,103)/t71-,72-,73-/m0/s1. The van der Waals surface area contributed by atoms with Crippen LogP contribution < -0.4 is 46.1 Å². The van der Waals surface area contributed by atoms with Gasteiger partial charge in [0.15, 0.2) is 0 Å². The predicted molar refractivity (Wildman–Crippen MR) is 467 cm³/mol. The number of benzene rings is 6. The number of hydrogen-bond acceptors (Lipinski definition) is 22. The monoisotopic (exact) mass is 1840 g/mol. The third-order valence-corrected chi connectivity index (χ3v) is 25.8. The van der Waals surface area contributed by atoms with Crippen LogP contribution in [0.15, 0.2) is 124 Å². The second-order valence-corrected chi connectivity index (χ2v) is 36.7. The van der Waals surface area contributed by atoms with Crippen LogP contribution in [0.4, 0.5) is 14.4 Å². The summed E-state index contributed by atoms with van der Waals surface area (Å²) in [4.78, 5) is 47.2. The Bertz CT molecular complexity index is 4200. The highest BCUT2D eigenvalue weighted by atomic mass is 35.5. The molecule has 0 saturated heterocycles. The highest BCUT2D eigenvalue weighted by Gasteiger charge is 2.32. The van der Waals surface area contributed by atoms with Crippen molar-refractivity contribution in [1.29, 1.82) is 0 Å². The highest BCUT2D eigenvalue weighted by molar-refractivity contribution is 7.90. The number of urea groups is 3. The lowest BCUT2D eigenvalue weighted by Gasteiger charge is -2.33. The fourth-order valence-corrected chi connectivity index (χ4v) is 18.8. The number of ether oxygens (including phenoxy) is 9. The van der Waals surface area contributed by atoms with E-state index in [-0.39, 0.29) is 210 Å². The maximum atomic E-state index is 13.3. The van der Waals surface area contributed by atoms with E-state index in [0.29, 0.717) is 70.9 Å². The maximum absolute atomic E-state index is 13.3. The molecule has 121 heavy (non-hydrogen) atoms. The minimum atomic E-state index is -3.84. The fraction of sp³-hybridized carbons (Fsp3) is 0.524. The lowest BCUT2D eigenvalue weighted by molar-refractivity contribution is 0.0165. The van der Waals surface area contributed by atoms with Crippen LogP contribution in [0, 0.1) is 6.92 Å². The Morgan fingerprint density at radius 1 is 0.347 bits per heavy atom. The number of hydrogen-bond donors (Lipinski definition) is 9. The third kappa shape index (κ3) is 33.3. The van der Waals surface area contributed by atoms with Crippen molar-refractivity contribution in [3.63, 3.8) is 0 Å². The molecule has 39 heteroatoms. The Labute approximate surface area is 736 Å². The molecule has 0 unspecified atom stereocenters. The van der Waals surface area contributed by atoms with Gasteiger partial charge in [0.05, 0.1) is 134 Å². The van der Waals surface area contributed by atoms with Gasteiger partial charge >= 0.3 is 18.1 Å². The summed E-state index contributed by atoms with van der Waals surface area (Å²) in [6, 6.07) is 30.9. The lowest BCUT2D eigenvalue weighted by Crippen LogP contribution is -2.47. The number of carbonyl (C=O) groups is 3. The summed E-state index contributed by atoms with van der Waals surface area (Å²) in [5.41, 5.74) is 9.70. The number of sulfonamides is 3. The fourth-order valence-electron chi connectivity index (χ4n) is 14.1. The second-order valence-electron chi connectivity index (χ2n) is 29.3. The SMILES string of the molecule is Cc1cc(Cl)c2c(c1)[C@H](c1cccc(S(=O)(=O)NCCOCCOCCOCCNC(=O)NCCN(CCNC(=O)NCCOCCOCCOCCNS(=O)(=O)c3cccc([C@@H]4CN(C)Cc5c(Cl)cc(Cl)cc54)c3)CCNC(=O)NCCOCCOCCOCCNS(=O)(=O)c3cccc([C@@H]4CN(C)Cc5c(Cl)cc(Cl)cc54)c3)c1)CN(C)C2.